The van der Waals surface area contributed by atoms with Crippen LogP contribution in [0.2, 0.25) is 0 Å². The van der Waals surface area contributed by atoms with Crippen molar-refractivity contribution in [3.05, 3.63) is 93.9 Å². The summed E-state index contributed by atoms with van der Waals surface area (Å²) in [5, 5.41) is 5.41. The number of hydrogen-bond acceptors (Lipinski definition) is 6. The van der Waals surface area contributed by atoms with E-state index in [4.69, 9.17) is 4.74 Å². The van der Waals surface area contributed by atoms with Gasteiger partial charge in [0.25, 0.3) is 5.91 Å². The quantitative estimate of drug-likeness (QED) is 0.346. The highest BCUT2D eigenvalue weighted by atomic mass is 16.5. The Morgan fingerprint density at radius 2 is 1.79 bits per heavy atom. The normalized spacial score (nSPS) is 13.9. The summed E-state index contributed by atoms with van der Waals surface area (Å²) in [6.45, 7) is 7.96. The van der Waals surface area contributed by atoms with Gasteiger partial charge in [-0.05, 0) is 48.9 Å². The van der Waals surface area contributed by atoms with Gasteiger partial charge < -0.3 is 15.0 Å². The van der Waals surface area contributed by atoms with Crippen LogP contribution in [-0.4, -0.2) is 68.6 Å². The number of hydrogen-bond donors (Lipinski definition) is 1. The monoisotopic (exact) mass is 510 g/mol. The maximum absolute atomic E-state index is 11.3. The molecule has 38 heavy (non-hydrogen) atoms. The van der Waals surface area contributed by atoms with E-state index in [1.807, 2.05) is 48.5 Å². The van der Waals surface area contributed by atoms with Crippen molar-refractivity contribution in [3.63, 3.8) is 0 Å². The van der Waals surface area contributed by atoms with Crippen molar-refractivity contribution >= 4 is 5.91 Å². The summed E-state index contributed by atoms with van der Waals surface area (Å²) in [4.78, 5) is 26.4. The Balaban J connectivity index is 1.50. The lowest BCUT2D eigenvalue weighted by molar-refractivity contribution is -0.117. The van der Waals surface area contributed by atoms with Crippen LogP contribution in [0.1, 0.15) is 22.3 Å². The van der Waals surface area contributed by atoms with Crippen LogP contribution in [0.25, 0.3) is 11.1 Å². The Bertz CT molecular complexity index is 1310. The molecule has 0 spiro atoms. The standard InChI is InChI=1S/C31H34N4O3/c1-24-26(9-6-10-29(24)27-7-4-3-5-8-27)13-11-25-12-14-28(22-32-23-31(36)33-37)30(21-25)38-20-19-35-17-15-34(2)16-18-35/h3-10,12,14,21,32H,15-20,22-23H2,1-2H3. The first kappa shape index (κ1) is 27.2. The molecule has 0 aromatic heterocycles. The van der Waals surface area contributed by atoms with E-state index in [1.54, 1.807) is 0 Å². The van der Waals surface area contributed by atoms with Crippen molar-refractivity contribution in [2.75, 3.05) is 52.9 Å². The van der Waals surface area contributed by atoms with E-state index in [9.17, 15) is 9.70 Å². The minimum absolute atomic E-state index is 0.108. The summed E-state index contributed by atoms with van der Waals surface area (Å²) in [5.74, 6) is 6.64. The number of nitrogens with zero attached hydrogens (tertiary/aromatic N) is 3. The van der Waals surface area contributed by atoms with E-state index in [2.05, 4.69) is 64.3 Å². The van der Waals surface area contributed by atoms with Crippen molar-refractivity contribution < 1.29 is 9.53 Å². The third kappa shape index (κ3) is 7.59. The van der Waals surface area contributed by atoms with E-state index < -0.39 is 5.91 Å². The molecule has 1 heterocycles. The van der Waals surface area contributed by atoms with Crippen molar-refractivity contribution in [1.82, 2.24) is 15.1 Å². The van der Waals surface area contributed by atoms with Gasteiger partial charge in [-0.1, -0.05) is 60.4 Å². The van der Waals surface area contributed by atoms with Gasteiger partial charge >= 0.3 is 0 Å². The van der Waals surface area contributed by atoms with E-state index in [0.29, 0.717) is 13.2 Å². The third-order valence-corrected chi connectivity index (χ3v) is 6.78. The van der Waals surface area contributed by atoms with E-state index in [0.717, 1.165) is 60.7 Å². The lowest BCUT2D eigenvalue weighted by Crippen LogP contribution is -2.45. The van der Waals surface area contributed by atoms with Gasteiger partial charge in [0.2, 0.25) is 0 Å². The molecule has 1 aliphatic rings. The number of piperazine rings is 1. The minimum atomic E-state index is -0.724. The molecule has 1 amide bonds. The molecule has 4 rings (SSSR count). The lowest BCUT2D eigenvalue weighted by Gasteiger charge is -2.32. The fraction of sp³-hybridized carbons (Fsp3) is 0.323. The highest BCUT2D eigenvalue weighted by Gasteiger charge is 2.14. The Labute approximate surface area is 224 Å². The second kappa shape index (κ2) is 13.6. The predicted octanol–water partition coefficient (Wildman–Crippen LogP) is 4.07. The topological polar surface area (TPSA) is 74.2 Å². The first-order valence-electron chi connectivity index (χ1n) is 12.9. The van der Waals surface area contributed by atoms with E-state index in [-0.39, 0.29) is 6.54 Å². The van der Waals surface area contributed by atoms with Crippen LogP contribution >= 0.6 is 0 Å². The van der Waals surface area contributed by atoms with Crippen LogP contribution in [0.3, 0.4) is 0 Å². The van der Waals surface area contributed by atoms with Crippen LogP contribution in [0.15, 0.2) is 71.9 Å². The van der Waals surface area contributed by atoms with Crippen molar-refractivity contribution in [1.29, 1.82) is 0 Å². The molecule has 0 atom stereocenters. The second-order valence-corrected chi connectivity index (χ2v) is 9.50. The number of carbonyl (C=O) groups excluding carboxylic acids is 1. The van der Waals surface area contributed by atoms with Crippen LogP contribution in [0, 0.1) is 23.7 Å². The van der Waals surface area contributed by atoms with E-state index in [1.165, 1.54) is 11.1 Å². The number of likely N-dealkylation sites (N-methyl/N-ethyl adjacent to an activating group) is 1. The molecule has 1 N–H and O–H groups in total. The fourth-order valence-corrected chi connectivity index (χ4v) is 4.45. The van der Waals surface area contributed by atoms with Gasteiger partial charge in [-0.25, -0.2) is 0 Å². The molecule has 0 saturated carbocycles. The van der Waals surface area contributed by atoms with Crippen molar-refractivity contribution in [2.45, 2.75) is 13.5 Å². The van der Waals surface area contributed by atoms with Gasteiger partial charge in [-0.15, -0.1) is 4.91 Å². The Morgan fingerprint density at radius 1 is 1.00 bits per heavy atom. The number of nitroso groups, excluding NO2 is 1. The molecule has 0 unspecified atom stereocenters. The molecule has 3 aromatic rings. The minimum Gasteiger partial charge on any atom is -0.492 e. The highest BCUT2D eigenvalue weighted by molar-refractivity contribution is 5.78. The summed E-state index contributed by atoms with van der Waals surface area (Å²) in [6, 6.07) is 22.4. The number of carbonyl (C=O) groups is 1. The lowest BCUT2D eigenvalue weighted by atomic mass is 9.96. The number of ether oxygens (including phenoxy) is 1. The molecule has 1 fully saturated rings. The Hall–Kier alpha value is -3.83. The number of rotatable bonds is 9. The van der Waals surface area contributed by atoms with E-state index >= 15 is 0 Å². The van der Waals surface area contributed by atoms with Gasteiger partial charge in [0.15, 0.2) is 0 Å². The van der Waals surface area contributed by atoms with Crippen LogP contribution in [0.4, 0.5) is 0 Å². The Morgan fingerprint density at radius 3 is 2.55 bits per heavy atom. The summed E-state index contributed by atoms with van der Waals surface area (Å²) >= 11 is 0. The molecular weight excluding hydrogens is 476 g/mol. The van der Waals surface area contributed by atoms with Gasteiger partial charge in [-0.3, -0.25) is 9.69 Å². The number of nitrogens with one attached hydrogen (secondary N) is 1. The summed E-state index contributed by atoms with van der Waals surface area (Å²) in [7, 11) is 2.14. The first-order chi connectivity index (χ1) is 18.5. The van der Waals surface area contributed by atoms with Gasteiger partial charge in [0.1, 0.15) is 12.4 Å². The van der Waals surface area contributed by atoms with Crippen LogP contribution < -0.4 is 10.1 Å². The second-order valence-electron chi connectivity index (χ2n) is 9.50. The van der Waals surface area contributed by atoms with Crippen LogP contribution in [-0.2, 0) is 11.3 Å². The molecule has 196 valence electrons. The van der Waals surface area contributed by atoms with Gasteiger partial charge in [-0.2, -0.15) is 0 Å². The summed E-state index contributed by atoms with van der Waals surface area (Å²) in [5.41, 5.74) is 6.21. The molecule has 7 nitrogen and oxygen atoms in total. The summed E-state index contributed by atoms with van der Waals surface area (Å²) in [6.07, 6.45) is 0. The SMILES string of the molecule is Cc1c(C#Cc2ccc(CNCC(=O)N=O)c(OCCN3CCN(C)CC3)c2)cccc1-c1ccccc1. The first-order valence-corrected chi connectivity index (χ1v) is 12.9. The number of benzene rings is 3. The zero-order valence-corrected chi connectivity index (χ0v) is 22.1. The molecule has 3 aromatic carbocycles. The molecule has 0 bridgehead atoms. The van der Waals surface area contributed by atoms with Crippen LogP contribution in [0.5, 0.6) is 5.75 Å². The maximum Gasteiger partial charge on any atom is 0.299 e. The molecule has 1 aliphatic heterocycles. The zero-order valence-electron chi connectivity index (χ0n) is 22.1. The van der Waals surface area contributed by atoms with Crippen molar-refractivity contribution in [3.8, 4) is 28.7 Å². The highest BCUT2D eigenvalue weighted by Crippen LogP contribution is 2.25. The Kier molecular flexibility index (Phi) is 9.77. The maximum atomic E-state index is 11.3. The zero-order chi connectivity index (χ0) is 26.7. The van der Waals surface area contributed by atoms with Gasteiger partial charge in [0.05, 0.1) is 6.54 Å². The molecule has 1 saturated heterocycles. The predicted molar refractivity (Wildman–Crippen MR) is 151 cm³/mol. The number of amides is 1. The molecular formula is C31H34N4O3. The van der Waals surface area contributed by atoms with Gasteiger partial charge in [0, 0.05) is 61.1 Å². The van der Waals surface area contributed by atoms with Crippen molar-refractivity contribution in [2.24, 2.45) is 5.18 Å². The third-order valence-electron chi connectivity index (χ3n) is 6.78. The largest absolute Gasteiger partial charge is 0.492 e. The fourth-order valence-electron chi connectivity index (χ4n) is 4.45. The average Bonchev–Trinajstić information content (AvgIpc) is 2.95. The average molecular weight is 511 g/mol. The smallest absolute Gasteiger partial charge is 0.299 e. The summed E-state index contributed by atoms with van der Waals surface area (Å²) < 4.78 is 6.21. The molecule has 0 aliphatic carbocycles. The molecule has 0 radical (unpaired) electrons. The molecule has 7 heteroatoms.